The van der Waals surface area contributed by atoms with Gasteiger partial charge in [-0.15, -0.1) is 24.8 Å². The number of nitrogens with zero attached hydrogens (tertiary/aromatic N) is 2. The van der Waals surface area contributed by atoms with E-state index in [-0.39, 0.29) is 42.3 Å². The SMILES string of the molecule is Cl.Cl.O=C1OC(CN2CCN(c3cccc(O)c3)CC2)CC12CCNCC2. The number of carbonyl (C=O) groups excluding carboxylic acids is 1. The number of hydrogen-bond acceptors (Lipinski definition) is 6. The summed E-state index contributed by atoms with van der Waals surface area (Å²) in [5.74, 6) is 0.336. The lowest BCUT2D eigenvalue weighted by atomic mass is 9.76. The first kappa shape index (κ1) is 22.1. The minimum atomic E-state index is -0.223. The number of nitrogens with one attached hydrogen (secondary N) is 1. The number of cyclic esters (lactones) is 1. The number of anilines is 1. The van der Waals surface area contributed by atoms with Crippen molar-refractivity contribution in [1.29, 1.82) is 0 Å². The molecule has 1 aromatic rings. The lowest BCUT2D eigenvalue weighted by molar-refractivity contribution is -0.150. The molecule has 1 unspecified atom stereocenters. The van der Waals surface area contributed by atoms with Crippen LogP contribution in [0.25, 0.3) is 0 Å². The van der Waals surface area contributed by atoms with E-state index < -0.39 is 0 Å². The molecule has 0 saturated carbocycles. The second-order valence-electron chi connectivity index (χ2n) is 7.57. The number of halogens is 2. The summed E-state index contributed by atoms with van der Waals surface area (Å²) in [6.07, 6.45) is 2.74. The summed E-state index contributed by atoms with van der Waals surface area (Å²) in [7, 11) is 0. The maximum absolute atomic E-state index is 12.4. The van der Waals surface area contributed by atoms with Gasteiger partial charge < -0.3 is 20.1 Å². The Balaban J connectivity index is 0.00000131. The normalized spacial score (nSPS) is 24.8. The molecule has 3 heterocycles. The molecule has 1 atom stereocenters. The van der Waals surface area contributed by atoms with E-state index in [0.29, 0.717) is 5.75 Å². The molecule has 0 radical (unpaired) electrons. The Morgan fingerprint density at radius 3 is 2.52 bits per heavy atom. The Morgan fingerprint density at radius 2 is 1.85 bits per heavy atom. The molecular weight excluding hydrogens is 389 g/mol. The van der Waals surface area contributed by atoms with Gasteiger partial charge in [0.2, 0.25) is 0 Å². The maximum Gasteiger partial charge on any atom is 0.312 e. The minimum absolute atomic E-state index is 0. The molecule has 1 aromatic carbocycles. The Bertz CT molecular complexity index is 632. The van der Waals surface area contributed by atoms with Gasteiger partial charge in [-0.2, -0.15) is 0 Å². The molecule has 27 heavy (non-hydrogen) atoms. The van der Waals surface area contributed by atoms with E-state index in [1.807, 2.05) is 18.2 Å². The van der Waals surface area contributed by atoms with Crippen LogP contribution in [0.4, 0.5) is 5.69 Å². The molecule has 3 aliphatic rings. The number of aromatic hydroxyl groups is 1. The molecule has 0 aliphatic carbocycles. The van der Waals surface area contributed by atoms with Crippen LogP contribution in [-0.2, 0) is 9.53 Å². The first-order valence-corrected chi connectivity index (χ1v) is 9.33. The van der Waals surface area contributed by atoms with Gasteiger partial charge in [-0.3, -0.25) is 9.69 Å². The quantitative estimate of drug-likeness (QED) is 0.733. The number of carbonyl (C=O) groups is 1. The number of hydrogen-bond donors (Lipinski definition) is 2. The number of esters is 1. The van der Waals surface area contributed by atoms with Gasteiger partial charge in [-0.25, -0.2) is 0 Å². The number of piperazine rings is 1. The van der Waals surface area contributed by atoms with E-state index in [9.17, 15) is 9.90 Å². The summed E-state index contributed by atoms with van der Waals surface area (Å²) < 4.78 is 5.73. The topological polar surface area (TPSA) is 65.0 Å². The minimum Gasteiger partial charge on any atom is -0.508 e. The van der Waals surface area contributed by atoms with E-state index in [1.165, 1.54) is 0 Å². The number of rotatable bonds is 3. The van der Waals surface area contributed by atoms with Crippen molar-refractivity contribution in [2.75, 3.05) is 50.7 Å². The molecule has 0 bridgehead atoms. The third-order valence-corrected chi connectivity index (χ3v) is 5.91. The number of piperidine rings is 1. The highest BCUT2D eigenvalue weighted by Crippen LogP contribution is 2.41. The molecule has 6 nitrogen and oxygen atoms in total. The van der Waals surface area contributed by atoms with Gasteiger partial charge in [0.05, 0.1) is 5.41 Å². The highest BCUT2D eigenvalue weighted by atomic mass is 35.5. The molecule has 2 N–H and O–H groups in total. The summed E-state index contributed by atoms with van der Waals surface area (Å²) in [5, 5.41) is 13.0. The van der Waals surface area contributed by atoms with Crippen LogP contribution in [0, 0.1) is 5.41 Å². The van der Waals surface area contributed by atoms with Gasteiger partial charge in [0, 0.05) is 50.9 Å². The smallest absolute Gasteiger partial charge is 0.312 e. The summed E-state index contributed by atoms with van der Waals surface area (Å²) in [6.45, 7) is 6.46. The van der Waals surface area contributed by atoms with E-state index in [0.717, 1.165) is 70.8 Å². The number of phenolic OH excluding ortho intramolecular Hbond substituents is 1. The standard InChI is InChI=1S/C19H27N3O3.2ClH/c23-16-3-1-2-15(12-16)22-10-8-21(9-11-22)14-17-13-19(18(24)25-17)4-6-20-7-5-19;;/h1-3,12,17,20,23H,4-11,13-14H2;2*1H. The van der Waals surface area contributed by atoms with Crippen molar-refractivity contribution < 1.29 is 14.6 Å². The number of phenols is 1. The maximum atomic E-state index is 12.4. The number of benzene rings is 1. The van der Waals surface area contributed by atoms with Gasteiger partial charge in [0.25, 0.3) is 0 Å². The molecule has 8 heteroatoms. The van der Waals surface area contributed by atoms with E-state index in [2.05, 4.69) is 15.1 Å². The average Bonchev–Trinajstić information content (AvgIpc) is 2.91. The molecule has 0 amide bonds. The average molecular weight is 418 g/mol. The Hall–Kier alpha value is -1.21. The lowest BCUT2D eigenvalue weighted by Crippen LogP contribution is -2.48. The molecule has 3 aliphatic heterocycles. The van der Waals surface area contributed by atoms with Crippen molar-refractivity contribution in [1.82, 2.24) is 10.2 Å². The summed E-state index contributed by atoms with van der Waals surface area (Å²) in [5.41, 5.74) is 0.847. The first-order valence-electron chi connectivity index (χ1n) is 9.33. The summed E-state index contributed by atoms with van der Waals surface area (Å²) >= 11 is 0. The highest BCUT2D eigenvalue weighted by Gasteiger charge is 2.49. The predicted octanol–water partition coefficient (Wildman–Crippen LogP) is 2.04. The van der Waals surface area contributed by atoms with Crippen LogP contribution in [0.3, 0.4) is 0 Å². The van der Waals surface area contributed by atoms with Crippen LogP contribution in [0.1, 0.15) is 19.3 Å². The molecular formula is C19H29Cl2N3O3. The van der Waals surface area contributed by atoms with Crippen LogP contribution in [0.5, 0.6) is 5.75 Å². The molecule has 0 aromatic heterocycles. The van der Waals surface area contributed by atoms with Gasteiger partial charge in [0.1, 0.15) is 11.9 Å². The zero-order valence-electron chi connectivity index (χ0n) is 15.4. The van der Waals surface area contributed by atoms with Gasteiger partial charge in [-0.1, -0.05) is 6.07 Å². The second-order valence-corrected chi connectivity index (χ2v) is 7.57. The largest absolute Gasteiger partial charge is 0.508 e. The number of ether oxygens (including phenoxy) is 1. The Labute approximate surface area is 173 Å². The Kier molecular flexibility index (Phi) is 7.63. The fourth-order valence-corrected chi connectivity index (χ4v) is 4.42. The third kappa shape index (κ3) is 4.80. The van der Waals surface area contributed by atoms with Crippen LogP contribution in [-0.4, -0.2) is 67.9 Å². The molecule has 4 rings (SSSR count). The van der Waals surface area contributed by atoms with E-state index in [4.69, 9.17) is 4.74 Å². The van der Waals surface area contributed by atoms with Crippen LogP contribution < -0.4 is 10.2 Å². The lowest BCUT2D eigenvalue weighted by Gasteiger charge is -2.37. The summed E-state index contributed by atoms with van der Waals surface area (Å²) in [6, 6.07) is 7.43. The zero-order valence-corrected chi connectivity index (χ0v) is 17.1. The fraction of sp³-hybridized carbons (Fsp3) is 0.632. The van der Waals surface area contributed by atoms with Crippen LogP contribution in [0.15, 0.2) is 24.3 Å². The first-order chi connectivity index (χ1) is 12.1. The van der Waals surface area contributed by atoms with Crippen molar-refractivity contribution in [2.24, 2.45) is 5.41 Å². The van der Waals surface area contributed by atoms with Crippen molar-refractivity contribution >= 4 is 36.5 Å². The van der Waals surface area contributed by atoms with Crippen molar-refractivity contribution in [3.8, 4) is 5.75 Å². The molecule has 152 valence electrons. The van der Waals surface area contributed by atoms with Gasteiger partial charge >= 0.3 is 5.97 Å². The second kappa shape index (κ2) is 9.32. The van der Waals surface area contributed by atoms with E-state index >= 15 is 0 Å². The third-order valence-electron chi connectivity index (χ3n) is 5.91. The van der Waals surface area contributed by atoms with Crippen molar-refractivity contribution in [3.05, 3.63) is 24.3 Å². The van der Waals surface area contributed by atoms with Crippen molar-refractivity contribution in [3.63, 3.8) is 0 Å². The zero-order chi connectivity index (χ0) is 17.3. The molecule has 3 saturated heterocycles. The van der Waals surface area contributed by atoms with Gasteiger partial charge in [0.15, 0.2) is 0 Å². The summed E-state index contributed by atoms with van der Waals surface area (Å²) in [4.78, 5) is 17.1. The van der Waals surface area contributed by atoms with Gasteiger partial charge in [-0.05, 0) is 38.1 Å². The highest BCUT2D eigenvalue weighted by molar-refractivity contribution is 5.85. The Morgan fingerprint density at radius 1 is 1.15 bits per heavy atom. The predicted molar refractivity (Wildman–Crippen MR) is 110 cm³/mol. The fourth-order valence-electron chi connectivity index (χ4n) is 4.42. The van der Waals surface area contributed by atoms with Crippen LogP contribution in [0.2, 0.25) is 0 Å². The van der Waals surface area contributed by atoms with E-state index in [1.54, 1.807) is 6.07 Å². The monoisotopic (exact) mass is 417 g/mol. The van der Waals surface area contributed by atoms with Crippen molar-refractivity contribution in [2.45, 2.75) is 25.4 Å². The molecule has 3 fully saturated rings. The molecule has 1 spiro atoms. The van der Waals surface area contributed by atoms with Crippen LogP contribution >= 0.6 is 24.8 Å².